The van der Waals surface area contributed by atoms with Crippen molar-refractivity contribution in [3.8, 4) is 0 Å². The fourth-order valence-electron chi connectivity index (χ4n) is 4.58. The highest BCUT2D eigenvalue weighted by atomic mass is 16.2. The Morgan fingerprint density at radius 2 is 2.17 bits per heavy atom. The lowest BCUT2D eigenvalue weighted by Gasteiger charge is -2.24. The first-order valence-electron chi connectivity index (χ1n) is 9.66. The van der Waals surface area contributed by atoms with E-state index in [0.717, 1.165) is 63.4 Å². The molecule has 6 heteroatoms. The summed E-state index contributed by atoms with van der Waals surface area (Å²) >= 11 is 0. The predicted molar refractivity (Wildman–Crippen MR) is 91.4 cm³/mol. The van der Waals surface area contributed by atoms with Gasteiger partial charge in [-0.25, -0.2) is 0 Å². The highest BCUT2D eigenvalue weighted by molar-refractivity contribution is 5.83. The standard InChI is InChI=1S/C18H29N5O/c1-2-14(16-22-21-15-6-4-3-5-11-23(15)16)20-17(24)13-12-18(13)7-9-19-10-8-18/h13-14,19H,2-12H2,1H3,(H,20,24). The number of aryl methyl sites for hydroxylation is 1. The van der Waals surface area contributed by atoms with Gasteiger partial charge in [0.25, 0.3) is 0 Å². The minimum Gasteiger partial charge on any atom is -0.346 e. The first-order valence-corrected chi connectivity index (χ1v) is 9.66. The number of nitrogens with zero attached hydrogens (tertiary/aromatic N) is 3. The zero-order valence-electron chi connectivity index (χ0n) is 14.7. The van der Waals surface area contributed by atoms with Gasteiger partial charge in [-0.1, -0.05) is 13.3 Å². The lowest BCUT2D eigenvalue weighted by Crippen LogP contribution is -2.36. The normalized spacial score (nSPS) is 26.5. The highest BCUT2D eigenvalue weighted by Gasteiger charge is 2.57. The Morgan fingerprint density at radius 1 is 1.33 bits per heavy atom. The molecule has 3 heterocycles. The molecule has 3 aliphatic rings. The van der Waals surface area contributed by atoms with Crippen LogP contribution >= 0.6 is 0 Å². The van der Waals surface area contributed by atoms with E-state index in [1.807, 2.05) is 0 Å². The number of piperidine rings is 1. The highest BCUT2D eigenvalue weighted by Crippen LogP contribution is 2.58. The Labute approximate surface area is 143 Å². The van der Waals surface area contributed by atoms with E-state index in [2.05, 4.69) is 32.3 Å². The van der Waals surface area contributed by atoms with Gasteiger partial charge in [-0.2, -0.15) is 0 Å². The lowest BCUT2D eigenvalue weighted by molar-refractivity contribution is -0.124. The molecule has 24 heavy (non-hydrogen) atoms. The molecule has 1 aromatic heterocycles. The van der Waals surface area contributed by atoms with Crippen LogP contribution in [0.3, 0.4) is 0 Å². The van der Waals surface area contributed by atoms with Crippen LogP contribution in [-0.2, 0) is 17.8 Å². The van der Waals surface area contributed by atoms with Crippen LogP contribution in [0.15, 0.2) is 0 Å². The molecule has 2 fully saturated rings. The molecule has 2 aliphatic heterocycles. The van der Waals surface area contributed by atoms with Gasteiger partial charge in [-0.3, -0.25) is 4.79 Å². The molecule has 132 valence electrons. The van der Waals surface area contributed by atoms with Gasteiger partial charge in [-0.05, 0) is 57.0 Å². The molecule has 2 unspecified atom stereocenters. The molecule has 1 aromatic rings. The second-order valence-electron chi connectivity index (χ2n) is 7.78. The number of carbonyl (C=O) groups is 1. The fourth-order valence-corrected chi connectivity index (χ4v) is 4.58. The number of rotatable bonds is 4. The van der Waals surface area contributed by atoms with Crippen LogP contribution in [0.25, 0.3) is 0 Å². The fraction of sp³-hybridized carbons (Fsp3) is 0.833. The first-order chi connectivity index (χ1) is 11.7. The summed E-state index contributed by atoms with van der Waals surface area (Å²) in [6.07, 6.45) is 8.85. The van der Waals surface area contributed by atoms with E-state index in [4.69, 9.17) is 0 Å². The molecule has 1 spiro atoms. The van der Waals surface area contributed by atoms with Crippen LogP contribution in [-0.4, -0.2) is 33.8 Å². The second kappa shape index (κ2) is 6.47. The third-order valence-electron chi connectivity index (χ3n) is 6.28. The molecule has 1 saturated heterocycles. The molecule has 6 nitrogen and oxygen atoms in total. The number of nitrogens with one attached hydrogen (secondary N) is 2. The molecule has 1 aliphatic carbocycles. The van der Waals surface area contributed by atoms with Crippen molar-refractivity contribution in [1.29, 1.82) is 0 Å². The average molecular weight is 331 g/mol. The van der Waals surface area contributed by atoms with Gasteiger partial charge < -0.3 is 15.2 Å². The zero-order valence-corrected chi connectivity index (χ0v) is 14.7. The van der Waals surface area contributed by atoms with Gasteiger partial charge in [0, 0.05) is 18.9 Å². The third kappa shape index (κ3) is 2.85. The largest absolute Gasteiger partial charge is 0.346 e. The smallest absolute Gasteiger partial charge is 0.224 e. The van der Waals surface area contributed by atoms with Crippen LogP contribution in [0, 0.1) is 11.3 Å². The summed E-state index contributed by atoms with van der Waals surface area (Å²) in [7, 11) is 0. The molecule has 4 rings (SSSR count). The molecule has 1 saturated carbocycles. The summed E-state index contributed by atoms with van der Waals surface area (Å²) in [6.45, 7) is 5.22. The van der Waals surface area contributed by atoms with Crippen molar-refractivity contribution in [2.45, 2.75) is 70.9 Å². The molecular formula is C18H29N5O. The van der Waals surface area contributed by atoms with E-state index in [1.165, 1.54) is 19.3 Å². The minimum atomic E-state index is -0.00350. The first kappa shape index (κ1) is 16.1. The number of carbonyl (C=O) groups excluding carboxylic acids is 1. The number of hydrogen-bond acceptors (Lipinski definition) is 4. The molecule has 0 aromatic carbocycles. The van der Waals surface area contributed by atoms with Crippen LogP contribution < -0.4 is 10.6 Å². The molecule has 1 amide bonds. The maximum Gasteiger partial charge on any atom is 0.224 e. The summed E-state index contributed by atoms with van der Waals surface area (Å²) < 4.78 is 2.26. The van der Waals surface area contributed by atoms with E-state index in [1.54, 1.807) is 0 Å². The quantitative estimate of drug-likeness (QED) is 0.885. The maximum absolute atomic E-state index is 12.8. The number of aromatic nitrogens is 3. The van der Waals surface area contributed by atoms with Crippen molar-refractivity contribution >= 4 is 5.91 Å². The van der Waals surface area contributed by atoms with Crippen molar-refractivity contribution < 1.29 is 4.79 Å². The van der Waals surface area contributed by atoms with Crippen LogP contribution in [0.2, 0.25) is 0 Å². The Kier molecular flexibility index (Phi) is 4.33. The summed E-state index contributed by atoms with van der Waals surface area (Å²) in [6, 6.07) is -0.00350. The van der Waals surface area contributed by atoms with Gasteiger partial charge in [-0.15, -0.1) is 10.2 Å². The third-order valence-corrected chi connectivity index (χ3v) is 6.28. The minimum absolute atomic E-state index is 0.00350. The molecule has 2 atom stereocenters. The molecular weight excluding hydrogens is 302 g/mol. The van der Waals surface area contributed by atoms with Gasteiger partial charge in [0.1, 0.15) is 5.82 Å². The van der Waals surface area contributed by atoms with Gasteiger partial charge >= 0.3 is 0 Å². The maximum atomic E-state index is 12.8. The van der Waals surface area contributed by atoms with Crippen molar-refractivity contribution in [2.75, 3.05) is 13.1 Å². The molecule has 0 bridgehead atoms. The van der Waals surface area contributed by atoms with E-state index in [0.29, 0.717) is 0 Å². The van der Waals surface area contributed by atoms with Crippen molar-refractivity contribution in [1.82, 2.24) is 25.4 Å². The average Bonchev–Trinajstić information content (AvgIpc) is 3.23. The summed E-state index contributed by atoms with van der Waals surface area (Å²) in [4.78, 5) is 12.8. The number of fused-ring (bicyclic) bond motifs is 1. The van der Waals surface area contributed by atoms with Crippen molar-refractivity contribution in [3.05, 3.63) is 11.6 Å². The van der Waals surface area contributed by atoms with Crippen molar-refractivity contribution in [3.63, 3.8) is 0 Å². The van der Waals surface area contributed by atoms with E-state index < -0.39 is 0 Å². The topological polar surface area (TPSA) is 71.8 Å². The molecule has 0 radical (unpaired) electrons. The second-order valence-corrected chi connectivity index (χ2v) is 7.78. The van der Waals surface area contributed by atoms with E-state index in [9.17, 15) is 4.79 Å². The van der Waals surface area contributed by atoms with Gasteiger partial charge in [0.2, 0.25) is 5.91 Å². The number of hydrogen-bond donors (Lipinski definition) is 2. The Hall–Kier alpha value is -1.43. The van der Waals surface area contributed by atoms with Crippen LogP contribution in [0.1, 0.15) is 69.6 Å². The van der Waals surface area contributed by atoms with E-state index in [-0.39, 0.29) is 23.3 Å². The van der Waals surface area contributed by atoms with Crippen LogP contribution in [0.5, 0.6) is 0 Å². The summed E-state index contributed by atoms with van der Waals surface area (Å²) in [5.41, 5.74) is 0.287. The SMILES string of the molecule is CCC(NC(=O)C1CC12CCNCC2)c1nnc2n1CCCCC2. The number of amides is 1. The summed E-state index contributed by atoms with van der Waals surface area (Å²) in [5.74, 6) is 2.49. The lowest BCUT2D eigenvalue weighted by atomic mass is 9.91. The summed E-state index contributed by atoms with van der Waals surface area (Å²) in [5, 5.41) is 15.5. The Balaban J connectivity index is 1.45. The van der Waals surface area contributed by atoms with Crippen molar-refractivity contribution in [2.24, 2.45) is 11.3 Å². The van der Waals surface area contributed by atoms with Gasteiger partial charge in [0.05, 0.1) is 6.04 Å². The van der Waals surface area contributed by atoms with E-state index >= 15 is 0 Å². The van der Waals surface area contributed by atoms with Crippen LogP contribution in [0.4, 0.5) is 0 Å². The molecule has 2 N–H and O–H groups in total. The Bertz CT molecular complexity index is 605. The Morgan fingerprint density at radius 3 is 2.96 bits per heavy atom. The van der Waals surface area contributed by atoms with Gasteiger partial charge in [0.15, 0.2) is 5.82 Å². The monoisotopic (exact) mass is 331 g/mol. The predicted octanol–water partition coefficient (Wildman–Crippen LogP) is 1.96. The zero-order chi connectivity index (χ0) is 16.6.